The number of aryl methyl sites for hydroxylation is 1. The van der Waals surface area contributed by atoms with Crippen molar-refractivity contribution < 1.29 is 4.74 Å². The van der Waals surface area contributed by atoms with Gasteiger partial charge in [-0.15, -0.1) is 11.3 Å². The van der Waals surface area contributed by atoms with E-state index in [0.717, 1.165) is 31.7 Å². The van der Waals surface area contributed by atoms with Gasteiger partial charge in [0.25, 0.3) is 0 Å². The van der Waals surface area contributed by atoms with E-state index in [1.54, 1.807) is 0 Å². The number of fused-ring (bicyclic) bond motifs is 1. The van der Waals surface area contributed by atoms with Gasteiger partial charge in [-0.25, -0.2) is 0 Å². The minimum atomic E-state index is 0.512. The fraction of sp³-hybridized carbons (Fsp3) is 0.444. The highest BCUT2D eigenvalue weighted by atomic mass is 32.1. The second-order valence-corrected chi connectivity index (χ2v) is 7.27. The topological polar surface area (TPSA) is 21.3 Å². The lowest BCUT2D eigenvalue weighted by Crippen LogP contribution is -2.33. The molecule has 0 fully saturated rings. The molecule has 0 amide bonds. The molecule has 0 saturated heterocycles. The molecule has 112 valence electrons. The lowest BCUT2D eigenvalue weighted by Gasteiger charge is -2.27. The van der Waals surface area contributed by atoms with Crippen LogP contribution >= 0.6 is 11.3 Å². The highest BCUT2D eigenvalue weighted by Gasteiger charge is 2.21. The molecule has 3 rings (SSSR count). The van der Waals surface area contributed by atoms with E-state index in [4.69, 9.17) is 4.74 Å². The maximum absolute atomic E-state index is 5.73. The maximum atomic E-state index is 5.73. The summed E-state index contributed by atoms with van der Waals surface area (Å²) in [6, 6.07) is 13.4. The molecule has 0 spiro atoms. The van der Waals surface area contributed by atoms with Crippen LogP contribution in [0.2, 0.25) is 0 Å². The van der Waals surface area contributed by atoms with Gasteiger partial charge in [0, 0.05) is 28.3 Å². The summed E-state index contributed by atoms with van der Waals surface area (Å²) in [5.41, 5.74) is 1.36. The van der Waals surface area contributed by atoms with Gasteiger partial charge >= 0.3 is 0 Å². The van der Waals surface area contributed by atoms with Crippen molar-refractivity contribution in [1.29, 1.82) is 0 Å². The third-order valence-corrected chi connectivity index (χ3v) is 5.12. The Morgan fingerprint density at radius 2 is 2.14 bits per heavy atom. The number of hydrogen-bond acceptors (Lipinski definition) is 3. The minimum absolute atomic E-state index is 0.512. The zero-order valence-corrected chi connectivity index (χ0v) is 13.6. The molecule has 2 nitrogen and oxygen atoms in total. The summed E-state index contributed by atoms with van der Waals surface area (Å²) < 4.78 is 5.73. The van der Waals surface area contributed by atoms with Crippen molar-refractivity contribution in [2.75, 3.05) is 13.2 Å². The first-order chi connectivity index (χ1) is 10.2. The smallest absolute Gasteiger partial charge is 0.122 e. The second-order valence-electron chi connectivity index (χ2n) is 5.90. The van der Waals surface area contributed by atoms with Crippen LogP contribution in [0.5, 0.6) is 5.75 Å². The molecule has 1 aromatic carbocycles. The first kappa shape index (κ1) is 14.6. The van der Waals surface area contributed by atoms with Gasteiger partial charge in [-0.2, -0.15) is 0 Å². The van der Waals surface area contributed by atoms with Crippen LogP contribution in [0.3, 0.4) is 0 Å². The highest BCUT2D eigenvalue weighted by molar-refractivity contribution is 7.11. The molecular weight excluding hydrogens is 278 g/mol. The Bertz CT molecular complexity index is 592. The molecule has 0 saturated carbocycles. The average molecular weight is 301 g/mol. The third kappa shape index (κ3) is 3.66. The lowest BCUT2D eigenvalue weighted by molar-refractivity contribution is 0.262. The summed E-state index contributed by atoms with van der Waals surface area (Å²) in [5.74, 6) is 1.64. The summed E-state index contributed by atoms with van der Waals surface area (Å²) in [5, 5.41) is 3.70. The summed E-state index contributed by atoms with van der Waals surface area (Å²) in [7, 11) is 0. The zero-order valence-electron chi connectivity index (χ0n) is 12.8. The summed E-state index contributed by atoms with van der Waals surface area (Å²) in [4.78, 5) is 2.87. The number of benzene rings is 1. The molecule has 0 bridgehead atoms. The third-order valence-electron chi connectivity index (χ3n) is 4.10. The standard InChI is InChI=1S/C18H23NOS/c1-13(11-16-8-7-14(2)21-16)19-12-15-9-10-20-18-6-4-3-5-17(15)18/h3-8,13,15,19H,9-12H2,1-2H3. The van der Waals surface area contributed by atoms with Crippen molar-refractivity contribution >= 4 is 11.3 Å². The van der Waals surface area contributed by atoms with E-state index in [-0.39, 0.29) is 0 Å². The molecule has 2 heterocycles. The van der Waals surface area contributed by atoms with Gasteiger partial charge in [-0.3, -0.25) is 0 Å². The van der Waals surface area contributed by atoms with E-state index in [1.807, 2.05) is 11.3 Å². The molecule has 0 radical (unpaired) electrons. The molecule has 2 aromatic rings. The normalized spacial score (nSPS) is 18.9. The molecule has 2 unspecified atom stereocenters. The van der Waals surface area contributed by atoms with E-state index < -0.39 is 0 Å². The van der Waals surface area contributed by atoms with Crippen LogP contribution in [-0.4, -0.2) is 19.2 Å². The average Bonchev–Trinajstić information content (AvgIpc) is 2.90. The van der Waals surface area contributed by atoms with Crippen molar-refractivity contribution in [2.45, 2.75) is 38.6 Å². The number of ether oxygens (including phenoxy) is 1. The van der Waals surface area contributed by atoms with Crippen LogP contribution in [0.25, 0.3) is 0 Å². The Labute approximate surface area is 131 Å². The van der Waals surface area contributed by atoms with Crippen molar-refractivity contribution in [3.8, 4) is 5.75 Å². The minimum Gasteiger partial charge on any atom is -0.493 e. The van der Waals surface area contributed by atoms with Crippen molar-refractivity contribution in [3.63, 3.8) is 0 Å². The second kappa shape index (κ2) is 6.63. The largest absolute Gasteiger partial charge is 0.493 e. The van der Waals surface area contributed by atoms with Crippen LogP contribution in [0.4, 0.5) is 0 Å². The maximum Gasteiger partial charge on any atom is 0.122 e. The summed E-state index contributed by atoms with van der Waals surface area (Å²) in [6.07, 6.45) is 2.22. The van der Waals surface area contributed by atoms with Gasteiger partial charge in [0.1, 0.15) is 5.75 Å². The number of thiophene rings is 1. The molecular formula is C18H23NOS. The quantitative estimate of drug-likeness (QED) is 0.896. The first-order valence-electron chi connectivity index (χ1n) is 7.73. The molecule has 0 aliphatic carbocycles. The van der Waals surface area contributed by atoms with E-state index in [1.165, 1.54) is 15.3 Å². The molecule has 1 N–H and O–H groups in total. The van der Waals surface area contributed by atoms with Gasteiger partial charge in [-0.05, 0) is 50.5 Å². The Morgan fingerprint density at radius 3 is 2.95 bits per heavy atom. The predicted molar refractivity (Wildman–Crippen MR) is 89.5 cm³/mol. The van der Waals surface area contributed by atoms with Crippen LogP contribution in [0.1, 0.15) is 34.6 Å². The Morgan fingerprint density at radius 1 is 1.29 bits per heavy atom. The summed E-state index contributed by atoms with van der Waals surface area (Å²) >= 11 is 1.91. The van der Waals surface area contributed by atoms with E-state index >= 15 is 0 Å². The monoisotopic (exact) mass is 301 g/mol. The zero-order chi connectivity index (χ0) is 14.7. The number of rotatable bonds is 5. The van der Waals surface area contributed by atoms with Gasteiger partial charge in [0.15, 0.2) is 0 Å². The van der Waals surface area contributed by atoms with Crippen molar-refractivity contribution in [3.05, 3.63) is 51.7 Å². The van der Waals surface area contributed by atoms with Crippen molar-refractivity contribution in [1.82, 2.24) is 5.32 Å². The van der Waals surface area contributed by atoms with Crippen molar-refractivity contribution in [2.24, 2.45) is 0 Å². The predicted octanol–water partition coefficient (Wildman–Crippen LogP) is 4.14. The van der Waals surface area contributed by atoms with E-state index in [9.17, 15) is 0 Å². The fourth-order valence-corrected chi connectivity index (χ4v) is 3.96. The molecule has 1 aliphatic heterocycles. The Balaban J connectivity index is 1.56. The Kier molecular flexibility index (Phi) is 4.61. The van der Waals surface area contributed by atoms with Gasteiger partial charge in [0.2, 0.25) is 0 Å². The number of para-hydroxylation sites is 1. The van der Waals surface area contributed by atoms with Gasteiger partial charge in [0.05, 0.1) is 6.61 Å². The molecule has 1 aliphatic rings. The van der Waals surface area contributed by atoms with Crippen LogP contribution < -0.4 is 10.1 Å². The lowest BCUT2D eigenvalue weighted by atomic mass is 9.93. The van der Waals surface area contributed by atoms with Gasteiger partial charge < -0.3 is 10.1 Å². The van der Waals surface area contributed by atoms with Crippen LogP contribution in [0.15, 0.2) is 36.4 Å². The van der Waals surface area contributed by atoms with Crippen LogP contribution in [-0.2, 0) is 6.42 Å². The number of hydrogen-bond donors (Lipinski definition) is 1. The highest BCUT2D eigenvalue weighted by Crippen LogP contribution is 2.32. The molecule has 3 heteroatoms. The SMILES string of the molecule is Cc1ccc(CC(C)NCC2CCOc3ccccc32)s1. The summed E-state index contributed by atoms with van der Waals surface area (Å²) in [6.45, 7) is 6.32. The number of nitrogens with one attached hydrogen (secondary N) is 1. The van der Waals surface area contributed by atoms with Crippen LogP contribution in [0, 0.1) is 6.92 Å². The fourth-order valence-electron chi connectivity index (χ4n) is 2.94. The molecule has 1 aromatic heterocycles. The molecule has 2 atom stereocenters. The van der Waals surface area contributed by atoms with Gasteiger partial charge in [-0.1, -0.05) is 18.2 Å². The van der Waals surface area contributed by atoms with E-state index in [0.29, 0.717) is 12.0 Å². The molecule has 21 heavy (non-hydrogen) atoms. The first-order valence-corrected chi connectivity index (χ1v) is 8.54. The van der Waals surface area contributed by atoms with E-state index in [2.05, 4.69) is 55.6 Å². The Hall–Kier alpha value is -1.32.